The van der Waals surface area contributed by atoms with E-state index in [1.807, 2.05) is 55.1 Å². The zero-order chi connectivity index (χ0) is 48.2. The van der Waals surface area contributed by atoms with Gasteiger partial charge >= 0.3 is 18.0 Å². The molecule has 350 valence electrons. The van der Waals surface area contributed by atoms with Gasteiger partial charge < -0.3 is 15.3 Å². The second kappa shape index (κ2) is 17.4. The van der Waals surface area contributed by atoms with Crippen molar-refractivity contribution in [2.75, 3.05) is 45.8 Å². The molecule has 10 rings (SSSR count). The lowest BCUT2D eigenvalue weighted by Crippen LogP contribution is -2.65. The summed E-state index contributed by atoms with van der Waals surface area (Å²) < 4.78 is 0. The number of anilines is 4. The summed E-state index contributed by atoms with van der Waals surface area (Å²) >= 11 is 0. The number of benzene rings is 2. The van der Waals surface area contributed by atoms with Crippen LogP contribution in [0.15, 0.2) is 110 Å². The number of rotatable bonds is 10. The van der Waals surface area contributed by atoms with Crippen molar-refractivity contribution >= 4 is 53.1 Å². The van der Waals surface area contributed by atoms with Crippen LogP contribution < -0.4 is 19.6 Å². The minimum absolute atomic E-state index is 0.110. The van der Waals surface area contributed by atoms with Crippen LogP contribution in [0.3, 0.4) is 0 Å². The lowest BCUT2D eigenvalue weighted by molar-refractivity contribution is -0.150. The maximum Gasteiger partial charge on any atom is 0.339 e. The molecule has 6 amide bonds. The highest BCUT2D eigenvalue weighted by atomic mass is 16.4. The summed E-state index contributed by atoms with van der Waals surface area (Å²) in [5.41, 5.74) is 0.475. The lowest BCUT2D eigenvalue weighted by atomic mass is 9.76. The van der Waals surface area contributed by atoms with Crippen LogP contribution >= 0.6 is 0 Å². The maximum absolute atomic E-state index is 15.8. The molecule has 0 bridgehead atoms. The Morgan fingerprint density at radius 1 is 0.609 bits per heavy atom. The van der Waals surface area contributed by atoms with Crippen LogP contribution in [0.1, 0.15) is 41.8 Å². The highest BCUT2D eigenvalue weighted by molar-refractivity contribution is 6.35. The second-order valence-corrected chi connectivity index (χ2v) is 17.7. The van der Waals surface area contributed by atoms with E-state index in [9.17, 15) is 20.1 Å². The van der Waals surface area contributed by atoms with E-state index in [1.165, 1.54) is 41.6 Å². The van der Waals surface area contributed by atoms with E-state index in [4.69, 9.17) is 0 Å². The number of likely N-dealkylation sites (tertiary alicyclic amines) is 2. The summed E-state index contributed by atoms with van der Waals surface area (Å²) in [5.74, 6) is -6.26. The number of amides is 6. The molecular formula is C49H46N12O8. The topological polar surface area (TPSA) is 243 Å². The molecule has 2 spiro atoms. The van der Waals surface area contributed by atoms with Crippen molar-refractivity contribution in [2.45, 2.75) is 57.3 Å². The molecule has 2 aromatic carbocycles. The molecule has 2 unspecified atom stereocenters. The SMILES string of the molecule is Cc1cccnc1CN1CCC2(CC1)C(=O)N(c1ccc(-c3ccccc3)cc1N1C(=O)N(c3nccc(O)n3)C3(CCN(Cc4ncccc4C)CC3C(=O)O)C1=O)C(=O)N2c1nccc(O)n1. The molecule has 4 aliphatic rings. The Bertz CT molecular complexity index is 3040. The normalized spacial score (nSPS) is 20.8. The van der Waals surface area contributed by atoms with E-state index >= 15 is 19.2 Å². The number of carbonyl (C=O) groups is 5. The molecule has 0 saturated carbocycles. The van der Waals surface area contributed by atoms with E-state index in [2.05, 4.69) is 34.8 Å². The van der Waals surface area contributed by atoms with Crippen LogP contribution in [-0.4, -0.2) is 122 Å². The first-order valence-electron chi connectivity index (χ1n) is 22.4. The van der Waals surface area contributed by atoms with Gasteiger partial charge in [0.1, 0.15) is 17.0 Å². The van der Waals surface area contributed by atoms with Crippen molar-refractivity contribution in [3.63, 3.8) is 0 Å². The van der Waals surface area contributed by atoms with Gasteiger partial charge in [0.2, 0.25) is 23.7 Å². The maximum atomic E-state index is 15.8. The van der Waals surface area contributed by atoms with Crippen LogP contribution in [0.5, 0.6) is 11.8 Å². The molecule has 4 aromatic heterocycles. The van der Waals surface area contributed by atoms with Gasteiger partial charge in [-0.2, -0.15) is 9.97 Å². The number of piperidine rings is 2. The van der Waals surface area contributed by atoms with Crippen molar-refractivity contribution in [2.24, 2.45) is 5.92 Å². The smallest absolute Gasteiger partial charge is 0.339 e. The number of imide groups is 2. The Morgan fingerprint density at radius 2 is 1.17 bits per heavy atom. The largest absolute Gasteiger partial charge is 0.493 e. The van der Waals surface area contributed by atoms with Crippen LogP contribution in [0.4, 0.5) is 32.9 Å². The second-order valence-electron chi connectivity index (χ2n) is 17.7. The van der Waals surface area contributed by atoms with Crippen molar-refractivity contribution in [1.82, 2.24) is 39.7 Å². The fraction of sp³-hybridized carbons (Fsp3) is 0.286. The van der Waals surface area contributed by atoms with E-state index < -0.39 is 64.5 Å². The molecule has 8 heterocycles. The first kappa shape index (κ1) is 44.6. The summed E-state index contributed by atoms with van der Waals surface area (Å²) in [4.78, 5) is 109. The molecule has 3 N–H and O–H groups in total. The zero-order valence-electron chi connectivity index (χ0n) is 37.6. The van der Waals surface area contributed by atoms with Gasteiger partial charge in [-0.3, -0.25) is 34.2 Å². The number of urea groups is 2. The lowest BCUT2D eigenvalue weighted by Gasteiger charge is -2.45. The predicted molar refractivity (Wildman–Crippen MR) is 249 cm³/mol. The molecule has 4 saturated heterocycles. The van der Waals surface area contributed by atoms with E-state index in [1.54, 1.807) is 36.7 Å². The highest BCUT2D eigenvalue weighted by Gasteiger charge is 2.68. The molecule has 20 heteroatoms. The number of aromatic nitrogens is 6. The van der Waals surface area contributed by atoms with Gasteiger partial charge in [-0.05, 0) is 79.6 Å². The third-order valence-corrected chi connectivity index (χ3v) is 13.8. The van der Waals surface area contributed by atoms with Crippen LogP contribution in [0, 0.1) is 19.8 Å². The Labute approximate surface area is 395 Å². The number of carbonyl (C=O) groups excluding carboxylic acids is 4. The first-order valence-corrected chi connectivity index (χ1v) is 22.4. The highest BCUT2D eigenvalue weighted by Crippen LogP contribution is 2.50. The molecule has 20 nitrogen and oxygen atoms in total. The number of carboxylic acids is 1. The van der Waals surface area contributed by atoms with Crippen molar-refractivity contribution in [3.05, 3.63) is 132 Å². The predicted octanol–water partition coefficient (Wildman–Crippen LogP) is 5.08. The zero-order valence-corrected chi connectivity index (χ0v) is 37.6. The Morgan fingerprint density at radius 3 is 1.77 bits per heavy atom. The fourth-order valence-corrected chi connectivity index (χ4v) is 10.1. The summed E-state index contributed by atoms with van der Waals surface area (Å²) in [6, 6.07) is 21.6. The molecule has 4 aliphatic heterocycles. The molecule has 0 radical (unpaired) electrons. The van der Waals surface area contributed by atoms with Gasteiger partial charge in [-0.15, -0.1) is 0 Å². The Balaban J connectivity index is 1.10. The average Bonchev–Trinajstić information content (AvgIpc) is 3.69. The van der Waals surface area contributed by atoms with E-state index in [0.717, 1.165) is 31.5 Å². The number of aliphatic carboxylic acids is 1. The molecular weight excluding hydrogens is 885 g/mol. The number of nitrogens with zero attached hydrogens (tertiary/aromatic N) is 12. The minimum Gasteiger partial charge on any atom is -0.493 e. The van der Waals surface area contributed by atoms with Gasteiger partial charge in [0.15, 0.2) is 0 Å². The molecule has 6 aromatic rings. The molecule has 69 heavy (non-hydrogen) atoms. The van der Waals surface area contributed by atoms with Gasteiger partial charge in [0, 0.05) is 76.2 Å². The summed E-state index contributed by atoms with van der Waals surface area (Å²) in [5, 5.41) is 32.3. The van der Waals surface area contributed by atoms with Gasteiger partial charge in [-0.25, -0.2) is 39.2 Å². The molecule has 4 fully saturated rings. The number of aryl methyl sites for hydroxylation is 2. The van der Waals surface area contributed by atoms with Crippen molar-refractivity contribution < 1.29 is 39.3 Å². The third kappa shape index (κ3) is 7.53. The van der Waals surface area contributed by atoms with E-state index in [0.29, 0.717) is 36.5 Å². The first-order chi connectivity index (χ1) is 33.3. The standard InChI is InChI=1S/C49H46N12O8/c1-30-8-6-19-50-35(30)28-56-23-16-48(17-24-56)42(66)58(46(68)60(48)44-52-21-14-39(62)54-44)37-13-12-33(32-10-4-3-5-11-32)26-38(37)59-43(67)49(61(47(59)69)45-53-22-15-40(63)55-45)18-25-57(27-34(49)41(64)65)29-36-31(2)9-7-20-51-36/h3-15,19-22,26,34H,16-18,23-25,27-29H2,1-2H3,(H,64,65)(H,52,54,62)(H,53,55,63). The summed E-state index contributed by atoms with van der Waals surface area (Å²) in [6.45, 7) is 5.21. The van der Waals surface area contributed by atoms with Gasteiger partial charge in [0.05, 0.1) is 22.8 Å². The number of aromatic hydroxyl groups is 2. The van der Waals surface area contributed by atoms with Crippen LogP contribution in [0.25, 0.3) is 11.1 Å². The monoisotopic (exact) mass is 930 g/mol. The van der Waals surface area contributed by atoms with Crippen molar-refractivity contribution in [3.8, 4) is 22.9 Å². The van der Waals surface area contributed by atoms with Crippen LogP contribution in [-0.2, 0) is 27.5 Å². The van der Waals surface area contributed by atoms with Gasteiger partial charge in [0.25, 0.3) is 11.8 Å². The minimum atomic E-state index is -2.17. The number of hydrogen-bond acceptors (Lipinski definition) is 15. The molecule has 2 atom stereocenters. The van der Waals surface area contributed by atoms with Gasteiger partial charge in [-0.1, -0.05) is 48.5 Å². The number of pyridine rings is 2. The van der Waals surface area contributed by atoms with Crippen molar-refractivity contribution in [1.29, 1.82) is 0 Å². The quantitative estimate of drug-likeness (QED) is 0.152. The fourth-order valence-electron chi connectivity index (χ4n) is 10.1. The van der Waals surface area contributed by atoms with E-state index in [-0.39, 0.29) is 56.2 Å². The summed E-state index contributed by atoms with van der Waals surface area (Å²) in [6.07, 6.45) is 5.82. The summed E-state index contributed by atoms with van der Waals surface area (Å²) in [7, 11) is 0. The molecule has 0 aliphatic carbocycles. The Kier molecular flexibility index (Phi) is 11.3. The average molecular weight is 931 g/mol. The van der Waals surface area contributed by atoms with Crippen LogP contribution in [0.2, 0.25) is 0 Å². The third-order valence-electron chi connectivity index (χ3n) is 13.8. The number of carboxylic acid groups (broad SMARTS) is 1. The number of hydrogen-bond donors (Lipinski definition) is 3. The Hall–Kier alpha value is -8.23.